The van der Waals surface area contributed by atoms with Crippen LogP contribution in [0.3, 0.4) is 0 Å². The second-order valence-corrected chi connectivity index (χ2v) is 1.74. The van der Waals surface area contributed by atoms with Crippen LogP contribution in [-0.4, -0.2) is 4.68 Å². The molecule has 1 rings (SSSR count). The second-order valence-electron chi connectivity index (χ2n) is 1.74. The van der Waals surface area contributed by atoms with Crippen LogP contribution in [-0.2, 0) is 0 Å². The minimum atomic E-state index is 0. The van der Waals surface area contributed by atoms with Gasteiger partial charge in [-0.2, -0.15) is 0 Å². The number of nitrogen functional groups attached to an aromatic ring is 2. The van der Waals surface area contributed by atoms with Crippen LogP contribution >= 0.6 is 0 Å². The first kappa shape index (κ1) is 8.10. The standard InChI is InChI=1S/C4H9N4.ClH/c1-4-2-7(5)3-8(4)6;/h2-3H,5-6H2,1H3;1H/q+1;/p-1. The minimum Gasteiger partial charge on any atom is -1.00 e. The van der Waals surface area contributed by atoms with Crippen LogP contribution in [0.25, 0.3) is 0 Å². The quantitative estimate of drug-likeness (QED) is 0.288. The lowest BCUT2D eigenvalue weighted by molar-refractivity contribution is -0.638. The summed E-state index contributed by atoms with van der Waals surface area (Å²) >= 11 is 0. The fraction of sp³-hybridized carbons (Fsp3) is 0.250. The first-order chi connectivity index (χ1) is 3.70. The molecule has 0 unspecified atom stereocenters. The van der Waals surface area contributed by atoms with E-state index in [1.54, 1.807) is 12.5 Å². The van der Waals surface area contributed by atoms with E-state index in [-0.39, 0.29) is 12.4 Å². The molecular formula is C4H9ClN4. The van der Waals surface area contributed by atoms with Gasteiger partial charge in [-0.3, -0.25) is 11.7 Å². The molecule has 5 heteroatoms. The predicted octanol–water partition coefficient (Wildman–Crippen LogP) is -4.48. The Bertz CT molecular complexity index is 175. The van der Waals surface area contributed by atoms with Crippen LogP contribution in [0.15, 0.2) is 12.5 Å². The van der Waals surface area contributed by atoms with E-state index in [1.807, 2.05) is 6.92 Å². The van der Waals surface area contributed by atoms with E-state index in [0.717, 1.165) is 5.69 Å². The summed E-state index contributed by atoms with van der Waals surface area (Å²) in [7, 11) is 0. The summed E-state index contributed by atoms with van der Waals surface area (Å²) in [6.45, 7) is 1.88. The smallest absolute Gasteiger partial charge is 0.290 e. The van der Waals surface area contributed by atoms with Crippen molar-refractivity contribution in [2.75, 3.05) is 11.7 Å². The zero-order valence-electron chi connectivity index (χ0n) is 5.08. The van der Waals surface area contributed by atoms with Crippen molar-refractivity contribution >= 4 is 0 Å². The molecular weight excluding hydrogens is 140 g/mol. The Hall–Kier alpha value is -0.900. The van der Waals surface area contributed by atoms with Gasteiger partial charge in [0, 0.05) is 6.92 Å². The van der Waals surface area contributed by atoms with Crippen molar-refractivity contribution in [3.05, 3.63) is 18.2 Å². The molecule has 0 bridgehead atoms. The first-order valence-corrected chi connectivity index (χ1v) is 2.30. The maximum atomic E-state index is 5.36. The maximum absolute atomic E-state index is 5.36. The minimum absolute atomic E-state index is 0. The molecule has 0 saturated heterocycles. The van der Waals surface area contributed by atoms with Crippen LogP contribution in [0.2, 0.25) is 0 Å². The van der Waals surface area contributed by atoms with Crippen LogP contribution < -0.4 is 28.8 Å². The lowest BCUT2D eigenvalue weighted by Gasteiger charge is -1.78. The summed E-state index contributed by atoms with van der Waals surface area (Å²) in [6.07, 6.45) is 3.33. The number of rotatable bonds is 0. The topological polar surface area (TPSA) is 60.8 Å². The van der Waals surface area contributed by atoms with Gasteiger partial charge in [-0.1, -0.05) is 0 Å². The second kappa shape index (κ2) is 2.59. The Balaban J connectivity index is 0.000000640. The van der Waals surface area contributed by atoms with E-state index in [4.69, 9.17) is 11.7 Å². The molecule has 1 aromatic rings. The van der Waals surface area contributed by atoms with E-state index in [2.05, 4.69) is 0 Å². The van der Waals surface area contributed by atoms with Gasteiger partial charge >= 0.3 is 0 Å². The molecule has 0 aliphatic rings. The van der Waals surface area contributed by atoms with Crippen molar-refractivity contribution in [2.24, 2.45) is 0 Å². The molecule has 1 heterocycles. The number of halogens is 1. The van der Waals surface area contributed by atoms with Crippen molar-refractivity contribution in [2.45, 2.75) is 6.92 Å². The van der Waals surface area contributed by atoms with Crippen LogP contribution in [0, 0.1) is 6.92 Å². The summed E-state index contributed by atoms with van der Waals surface area (Å²) in [6, 6.07) is 0. The summed E-state index contributed by atoms with van der Waals surface area (Å²) in [5.41, 5.74) is 0.938. The summed E-state index contributed by atoms with van der Waals surface area (Å²) < 4.78 is 2.87. The number of aromatic nitrogens is 2. The Kier molecular flexibility index (Phi) is 2.33. The predicted molar refractivity (Wildman–Crippen MR) is 29.7 cm³/mol. The van der Waals surface area contributed by atoms with Crippen LogP contribution in [0.4, 0.5) is 0 Å². The van der Waals surface area contributed by atoms with Crippen LogP contribution in [0.5, 0.6) is 0 Å². The molecule has 52 valence electrons. The van der Waals surface area contributed by atoms with Gasteiger partial charge in [0.2, 0.25) is 0 Å². The van der Waals surface area contributed by atoms with Gasteiger partial charge in [0.1, 0.15) is 0 Å². The van der Waals surface area contributed by atoms with Gasteiger partial charge in [0.15, 0.2) is 11.9 Å². The molecule has 0 amide bonds. The fourth-order valence-electron chi connectivity index (χ4n) is 0.550. The highest BCUT2D eigenvalue weighted by Gasteiger charge is 2.00. The zero-order chi connectivity index (χ0) is 6.15. The molecule has 0 aromatic carbocycles. The van der Waals surface area contributed by atoms with Crippen molar-refractivity contribution in [1.29, 1.82) is 0 Å². The molecule has 0 saturated carbocycles. The molecule has 0 radical (unpaired) electrons. The van der Waals surface area contributed by atoms with Crippen molar-refractivity contribution < 1.29 is 17.1 Å². The highest BCUT2D eigenvalue weighted by molar-refractivity contribution is 4.87. The summed E-state index contributed by atoms with van der Waals surface area (Å²) in [5.74, 6) is 10.7. The maximum Gasteiger partial charge on any atom is 0.290 e. The highest BCUT2D eigenvalue weighted by atomic mass is 35.5. The third kappa shape index (κ3) is 1.50. The summed E-state index contributed by atoms with van der Waals surface area (Å²) in [4.78, 5) is 0. The van der Waals surface area contributed by atoms with Crippen molar-refractivity contribution in [3.8, 4) is 0 Å². The average molecular weight is 149 g/mol. The van der Waals surface area contributed by atoms with E-state index < -0.39 is 0 Å². The largest absolute Gasteiger partial charge is 1.00 e. The van der Waals surface area contributed by atoms with E-state index in [9.17, 15) is 0 Å². The third-order valence-corrected chi connectivity index (χ3v) is 1.00. The van der Waals surface area contributed by atoms with E-state index in [0.29, 0.717) is 0 Å². The Morgan fingerprint density at radius 3 is 2.33 bits per heavy atom. The van der Waals surface area contributed by atoms with Gasteiger partial charge < -0.3 is 12.4 Å². The van der Waals surface area contributed by atoms with Crippen LogP contribution in [0.1, 0.15) is 5.69 Å². The first-order valence-electron chi connectivity index (χ1n) is 2.30. The Labute approximate surface area is 59.4 Å². The molecule has 9 heavy (non-hydrogen) atoms. The molecule has 0 spiro atoms. The zero-order valence-corrected chi connectivity index (χ0v) is 5.84. The van der Waals surface area contributed by atoms with Crippen molar-refractivity contribution in [1.82, 2.24) is 4.68 Å². The fourth-order valence-corrected chi connectivity index (χ4v) is 0.550. The number of nitrogens with zero attached hydrogens (tertiary/aromatic N) is 2. The summed E-state index contributed by atoms with van der Waals surface area (Å²) in [5, 5.41) is 0. The van der Waals surface area contributed by atoms with E-state index >= 15 is 0 Å². The molecule has 0 atom stereocenters. The van der Waals surface area contributed by atoms with Crippen molar-refractivity contribution in [3.63, 3.8) is 0 Å². The molecule has 0 aliphatic heterocycles. The number of imidazole rings is 1. The molecule has 4 N–H and O–H groups in total. The Morgan fingerprint density at radius 1 is 1.67 bits per heavy atom. The SMILES string of the molecule is Cc1c[n+](N)cn1N.[Cl-]. The van der Waals surface area contributed by atoms with E-state index in [1.165, 1.54) is 9.35 Å². The lowest BCUT2D eigenvalue weighted by Crippen LogP contribution is -3.00. The normalized spacial score (nSPS) is 8.56. The lowest BCUT2D eigenvalue weighted by atomic mass is 10.6. The molecule has 0 aliphatic carbocycles. The van der Waals surface area contributed by atoms with Gasteiger partial charge in [-0.25, -0.2) is 0 Å². The van der Waals surface area contributed by atoms with Gasteiger partial charge in [0.05, 0.1) is 0 Å². The Morgan fingerprint density at radius 2 is 2.22 bits per heavy atom. The highest BCUT2D eigenvalue weighted by Crippen LogP contribution is 1.83. The molecule has 1 aromatic heterocycles. The average Bonchev–Trinajstić information content (AvgIpc) is 1.85. The third-order valence-electron chi connectivity index (χ3n) is 1.00. The monoisotopic (exact) mass is 148 g/mol. The number of aryl methyl sites for hydroxylation is 1. The number of nitrogens with two attached hydrogens (primary N) is 2. The number of hydrogen-bond acceptors (Lipinski definition) is 2. The van der Waals surface area contributed by atoms with Gasteiger partial charge in [-0.15, -0.1) is 9.35 Å². The molecule has 4 nitrogen and oxygen atoms in total. The van der Waals surface area contributed by atoms with Gasteiger partial charge in [-0.05, 0) is 0 Å². The molecule has 0 fully saturated rings. The number of hydrogen-bond donors (Lipinski definition) is 2. The van der Waals surface area contributed by atoms with Gasteiger partial charge in [0.25, 0.3) is 6.33 Å².